The van der Waals surface area contributed by atoms with Crippen molar-refractivity contribution in [1.82, 2.24) is 9.13 Å². The van der Waals surface area contributed by atoms with Gasteiger partial charge in [0.1, 0.15) is 0 Å². The fourth-order valence-corrected chi connectivity index (χ4v) is 2.21. The summed E-state index contributed by atoms with van der Waals surface area (Å²) in [5, 5.41) is 7.53. The zero-order valence-electron chi connectivity index (χ0n) is 12.7. The third-order valence-electron chi connectivity index (χ3n) is 3.09. The van der Waals surface area contributed by atoms with E-state index in [4.69, 9.17) is 9.90 Å². The van der Waals surface area contributed by atoms with Crippen LogP contribution in [0.4, 0.5) is 0 Å². The Morgan fingerprint density at radius 3 is 2.36 bits per heavy atom. The maximum atomic E-state index is 7.53. The van der Waals surface area contributed by atoms with E-state index < -0.39 is 5.97 Å². The van der Waals surface area contributed by atoms with Gasteiger partial charge in [-0.05, 0) is 12.1 Å². The van der Waals surface area contributed by atoms with E-state index in [1.54, 1.807) is 0 Å². The van der Waals surface area contributed by atoms with E-state index in [-0.39, 0.29) is 20.1 Å². The van der Waals surface area contributed by atoms with Crippen LogP contribution in [0.2, 0.25) is 0 Å². The van der Waals surface area contributed by atoms with Crippen LogP contribution in [0.25, 0.3) is 16.7 Å². The number of benzene rings is 2. The predicted octanol–water partition coefficient (Wildman–Crippen LogP) is 3.42. The van der Waals surface area contributed by atoms with Crippen molar-refractivity contribution >= 4 is 17.0 Å². The van der Waals surface area contributed by atoms with Gasteiger partial charge < -0.3 is 9.90 Å². The van der Waals surface area contributed by atoms with Crippen molar-refractivity contribution in [2.24, 2.45) is 7.05 Å². The number of aromatic nitrogens is 2. The molecule has 0 spiro atoms. The number of aliphatic carboxylic acids is 1. The van der Waals surface area contributed by atoms with Gasteiger partial charge >= 0.3 is 5.97 Å². The van der Waals surface area contributed by atoms with Crippen LogP contribution in [0, 0.1) is 13.0 Å². The maximum absolute atomic E-state index is 7.53. The molecule has 2 aromatic carbocycles. The van der Waals surface area contributed by atoms with Gasteiger partial charge in [-0.15, -0.1) is 6.07 Å². The zero-order valence-corrected chi connectivity index (χ0v) is 15.1. The standard InChI is InChI=1S/C15H14N2.C2H4O2.Ir/c1-12-7-3-4-8-13(12)17-11-16(2)14-9-5-6-10-15(14)17;1-2(3)4;/h3-7,9-11H,1-2H3;1H3,(H,3,4);/p+1. The average Bonchev–Trinajstić information content (AvgIpc) is 2.77. The molecule has 3 rings (SSSR count). The molecule has 0 saturated carbocycles. The van der Waals surface area contributed by atoms with Gasteiger partial charge in [-0.2, -0.15) is 22.8 Å². The first-order chi connectivity index (χ1) is 10.0. The number of aryl methyl sites for hydroxylation is 2. The zero-order chi connectivity index (χ0) is 15.4. The van der Waals surface area contributed by atoms with Crippen LogP contribution >= 0.6 is 0 Å². The monoisotopic (exact) mass is 476 g/mol. The Hall–Kier alpha value is -1.97. The van der Waals surface area contributed by atoms with Gasteiger partial charge in [0.25, 0.3) is 0 Å². The number of nitrogens with zero attached hydrogens (tertiary/aromatic N) is 2. The maximum Gasteiger partial charge on any atom is 0.477 e. The van der Waals surface area contributed by atoms with Gasteiger partial charge in [0, 0.05) is 45.0 Å². The number of carboxylic acid groups (broad SMARTS) is 1. The summed E-state index contributed by atoms with van der Waals surface area (Å²) < 4.78 is 4.32. The molecule has 3 aromatic rings. The minimum atomic E-state index is -0.583. The second-order valence-electron chi connectivity index (χ2n) is 4.83. The number of rotatable bonds is 1. The molecule has 1 heterocycles. The van der Waals surface area contributed by atoms with Crippen molar-refractivity contribution in [1.29, 1.82) is 0 Å². The summed E-state index contributed by atoms with van der Waals surface area (Å²) in [6, 6.07) is 17.8. The van der Waals surface area contributed by atoms with Crippen molar-refractivity contribution in [2.45, 2.75) is 13.8 Å². The molecule has 1 radical (unpaired) electrons. The summed E-state index contributed by atoms with van der Waals surface area (Å²) in [6.45, 7) is 3.31. The Kier molecular flexibility index (Phi) is 6.47. The molecule has 0 bridgehead atoms. The number of aliphatic hydroxyl groups excluding tert-OH is 1. The van der Waals surface area contributed by atoms with E-state index >= 15 is 0 Å². The number of carboxylic acids is 1. The molecule has 0 aliphatic rings. The molecular formula is C17H19IrN2O2+. The molecule has 0 aliphatic carbocycles. The molecule has 0 unspecified atom stereocenters. The quantitative estimate of drug-likeness (QED) is 0.426. The van der Waals surface area contributed by atoms with E-state index in [1.807, 2.05) is 12.1 Å². The van der Waals surface area contributed by atoms with Gasteiger partial charge in [-0.25, -0.2) is 4.57 Å². The van der Waals surface area contributed by atoms with Crippen molar-refractivity contribution in [2.75, 3.05) is 0 Å². The molecule has 1 aromatic heterocycles. The minimum Gasteiger partial charge on any atom is -0.339 e. The first kappa shape index (κ1) is 18.1. The summed E-state index contributed by atoms with van der Waals surface area (Å²) in [5.41, 5.74) is 4.78. The Balaban J connectivity index is 0.000000436. The Labute approximate surface area is 143 Å². The molecule has 22 heavy (non-hydrogen) atoms. The van der Waals surface area contributed by atoms with Crippen LogP contribution in [-0.2, 0) is 27.2 Å². The Morgan fingerprint density at radius 1 is 1.18 bits per heavy atom. The normalized spacial score (nSPS) is 9.59. The van der Waals surface area contributed by atoms with Crippen molar-refractivity contribution in [3.63, 3.8) is 0 Å². The summed E-state index contributed by atoms with van der Waals surface area (Å²) in [6.07, 6.45) is 2.10. The van der Waals surface area contributed by atoms with Gasteiger partial charge in [0.05, 0.1) is 6.92 Å². The van der Waals surface area contributed by atoms with Crippen LogP contribution < -0.4 is 0 Å². The van der Waals surface area contributed by atoms with E-state index in [9.17, 15) is 0 Å². The van der Waals surface area contributed by atoms with Crippen LogP contribution in [0.1, 0.15) is 12.5 Å². The second kappa shape index (κ2) is 7.87. The molecular weight excluding hydrogens is 456 g/mol. The minimum absolute atomic E-state index is 0. The van der Waals surface area contributed by atoms with Crippen molar-refractivity contribution in [3.05, 3.63) is 60.4 Å². The third-order valence-corrected chi connectivity index (χ3v) is 3.09. The van der Waals surface area contributed by atoms with Gasteiger partial charge in [-0.3, -0.25) is 0 Å². The van der Waals surface area contributed by atoms with Gasteiger partial charge in [-0.1, -0.05) is 12.5 Å². The van der Waals surface area contributed by atoms with E-state index in [0.29, 0.717) is 0 Å². The Morgan fingerprint density at radius 2 is 1.77 bits per heavy atom. The fraction of sp³-hybridized carbons (Fsp3) is 0.176. The fourth-order valence-electron chi connectivity index (χ4n) is 2.21. The van der Waals surface area contributed by atoms with E-state index in [2.05, 4.69) is 65.8 Å². The van der Waals surface area contributed by atoms with Crippen LogP contribution in [0.5, 0.6) is 0 Å². The molecule has 4 nitrogen and oxygen atoms in total. The van der Waals surface area contributed by atoms with Gasteiger partial charge in [0.2, 0.25) is 0 Å². The van der Waals surface area contributed by atoms with Crippen molar-refractivity contribution in [3.8, 4) is 5.69 Å². The number of imidazole rings is 1. The number of hydrogen-bond acceptors (Lipinski definition) is 0. The molecule has 0 atom stereocenters. The average molecular weight is 476 g/mol. The number of hydrogen-bond donors (Lipinski definition) is 1. The molecule has 0 aliphatic heterocycles. The summed E-state index contributed by atoms with van der Waals surface area (Å²) in [7, 11) is 2.07. The van der Waals surface area contributed by atoms with Crippen LogP contribution in [-0.4, -0.2) is 25.0 Å². The van der Waals surface area contributed by atoms with Crippen LogP contribution in [0.15, 0.2) is 48.8 Å². The molecule has 0 fully saturated rings. The summed E-state index contributed by atoms with van der Waals surface area (Å²) >= 11 is 0. The Bertz CT molecular complexity index is 777. The molecule has 2 N–H and O–H groups in total. The number of fused-ring (bicyclic) bond motifs is 1. The molecule has 0 amide bonds. The predicted molar refractivity (Wildman–Crippen MR) is 85.5 cm³/mol. The first-order valence-corrected chi connectivity index (χ1v) is 6.65. The molecule has 0 saturated heterocycles. The van der Waals surface area contributed by atoms with Crippen LogP contribution in [0.3, 0.4) is 0 Å². The largest absolute Gasteiger partial charge is 0.477 e. The summed E-state index contributed by atoms with van der Waals surface area (Å²) in [4.78, 5) is 7.53. The second-order valence-corrected chi connectivity index (χ2v) is 4.83. The topological polar surface area (TPSA) is 51.5 Å². The van der Waals surface area contributed by atoms with Gasteiger partial charge in [0.15, 0.2) is 17.4 Å². The number of para-hydroxylation sites is 3. The molecule has 117 valence electrons. The van der Waals surface area contributed by atoms with E-state index in [1.165, 1.54) is 23.5 Å². The smallest absolute Gasteiger partial charge is 0.339 e. The summed E-state index contributed by atoms with van der Waals surface area (Å²) in [5.74, 6) is -0.583. The van der Waals surface area contributed by atoms with E-state index in [0.717, 1.165) is 5.69 Å². The third kappa shape index (κ3) is 4.03. The van der Waals surface area contributed by atoms with Crippen molar-refractivity contribution < 1.29 is 30.0 Å². The molecule has 5 heteroatoms. The first-order valence-electron chi connectivity index (χ1n) is 6.65. The SMILES string of the molecule is CC(O)=[OH+].Cc1ccc[c-]c1-n1[cH+]n(C)c2ccccc21.[Ir].